The number of morpholine rings is 1. The Morgan fingerprint density at radius 3 is 2.41 bits per heavy atom. The summed E-state index contributed by atoms with van der Waals surface area (Å²) < 4.78 is 10.6. The first-order valence-corrected chi connectivity index (χ1v) is 11.1. The molecule has 7 heteroatoms. The zero-order valence-corrected chi connectivity index (χ0v) is 19.0. The molecule has 1 heterocycles. The predicted molar refractivity (Wildman–Crippen MR) is 123 cm³/mol. The van der Waals surface area contributed by atoms with Gasteiger partial charge in [0.2, 0.25) is 11.8 Å². The molecule has 3 rings (SSSR count). The Bertz CT molecular complexity index is 851. The molecule has 0 aromatic heterocycles. The molecule has 1 aliphatic heterocycles. The molecule has 0 spiro atoms. The summed E-state index contributed by atoms with van der Waals surface area (Å²) >= 11 is 0. The summed E-state index contributed by atoms with van der Waals surface area (Å²) in [7, 11) is 1.62. The lowest BCUT2D eigenvalue weighted by Gasteiger charge is -2.30. The van der Waals surface area contributed by atoms with Crippen molar-refractivity contribution in [1.29, 1.82) is 0 Å². The maximum absolute atomic E-state index is 13.2. The van der Waals surface area contributed by atoms with E-state index in [1.54, 1.807) is 18.9 Å². The van der Waals surface area contributed by atoms with Gasteiger partial charge in [-0.2, -0.15) is 0 Å². The zero-order chi connectivity index (χ0) is 22.8. The van der Waals surface area contributed by atoms with Crippen molar-refractivity contribution >= 4 is 11.8 Å². The van der Waals surface area contributed by atoms with E-state index in [9.17, 15) is 9.59 Å². The summed E-state index contributed by atoms with van der Waals surface area (Å²) in [4.78, 5) is 30.0. The van der Waals surface area contributed by atoms with E-state index >= 15 is 0 Å². The Balaban J connectivity index is 1.64. The number of nitrogens with one attached hydrogen (secondary N) is 1. The molecule has 2 amide bonds. The fourth-order valence-electron chi connectivity index (χ4n) is 3.69. The second-order valence-electron chi connectivity index (χ2n) is 7.95. The maximum Gasteiger partial charge on any atom is 0.242 e. The molecule has 0 aliphatic carbocycles. The van der Waals surface area contributed by atoms with E-state index in [0.29, 0.717) is 13.1 Å². The van der Waals surface area contributed by atoms with Crippen LogP contribution in [0.25, 0.3) is 0 Å². The third-order valence-electron chi connectivity index (χ3n) is 5.71. The van der Waals surface area contributed by atoms with Crippen LogP contribution in [0.2, 0.25) is 0 Å². The number of amides is 2. The summed E-state index contributed by atoms with van der Waals surface area (Å²) in [5.74, 6) is 0.529. The summed E-state index contributed by atoms with van der Waals surface area (Å²) in [6.45, 7) is 6.69. The number of carbonyl (C=O) groups is 2. The van der Waals surface area contributed by atoms with Crippen molar-refractivity contribution in [2.45, 2.75) is 25.9 Å². The molecule has 0 saturated carbocycles. The first kappa shape index (κ1) is 23.8. The lowest BCUT2D eigenvalue weighted by Crippen LogP contribution is -2.49. The van der Waals surface area contributed by atoms with Gasteiger partial charge in [-0.15, -0.1) is 0 Å². The van der Waals surface area contributed by atoms with Crippen molar-refractivity contribution in [2.24, 2.45) is 0 Å². The molecule has 32 heavy (non-hydrogen) atoms. The highest BCUT2D eigenvalue weighted by atomic mass is 16.5. The van der Waals surface area contributed by atoms with E-state index in [0.717, 1.165) is 49.7 Å². The number of methoxy groups -OCH3 is 1. The molecular formula is C25H33N3O4. The van der Waals surface area contributed by atoms with E-state index in [1.807, 2.05) is 54.6 Å². The third-order valence-corrected chi connectivity index (χ3v) is 5.71. The molecule has 1 aliphatic rings. The average molecular weight is 440 g/mol. The van der Waals surface area contributed by atoms with Gasteiger partial charge in [-0.05, 0) is 30.2 Å². The first-order chi connectivity index (χ1) is 15.6. The van der Waals surface area contributed by atoms with Crippen LogP contribution in [0, 0.1) is 0 Å². The van der Waals surface area contributed by atoms with Gasteiger partial charge in [0.25, 0.3) is 0 Å². The molecule has 2 aromatic carbocycles. The van der Waals surface area contributed by atoms with Gasteiger partial charge in [-0.1, -0.05) is 42.5 Å². The summed E-state index contributed by atoms with van der Waals surface area (Å²) in [5, 5.41) is 3.00. The smallest absolute Gasteiger partial charge is 0.242 e. The van der Waals surface area contributed by atoms with Gasteiger partial charge in [0.15, 0.2) is 0 Å². The van der Waals surface area contributed by atoms with E-state index in [1.165, 1.54) is 0 Å². The summed E-state index contributed by atoms with van der Waals surface area (Å²) in [6.07, 6.45) is 0.252. The van der Waals surface area contributed by atoms with E-state index in [2.05, 4.69) is 10.2 Å². The summed E-state index contributed by atoms with van der Waals surface area (Å²) in [6, 6.07) is 16.6. The van der Waals surface area contributed by atoms with E-state index in [-0.39, 0.29) is 18.2 Å². The van der Waals surface area contributed by atoms with Gasteiger partial charge in [0.05, 0.1) is 26.7 Å². The standard InChI is InChI=1S/C25H33N3O4/c1-20(25(30)26-12-13-27-14-16-32-17-15-27)28(19-22-8-10-23(31-2)11-9-22)24(29)18-21-6-4-3-5-7-21/h3-11,20H,12-19H2,1-2H3,(H,26,30)/t20-/m1/s1. The van der Waals surface area contributed by atoms with Crippen molar-refractivity contribution < 1.29 is 19.1 Å². The lowest BCUT2D eigenvalue weighted by atomic mass is 10.1. The van der Waals surface area contributed by atoms with Crippen molar-refractivity contribution in [3.05, 3.63) is 65.7 Å². The molecule has 172 valence electrons. The van der Waals surface area contributed by atoms with Crippen LogP contribution < -0.4 is 10.1 Å². The number of ether oxygens (including phenoxy) is 2. The van der Waals surface area contributed by atoms with Crippen molar-refractivity contribution in [3.63, 3.8) is 0 Å². The third kappa shape index (κ3) is 7.07. The number of nitrogens with zero attached hydrogens (tertiary/aromatic N) is 2. The molecular weight excluding hydrogens is 406 g/mol. The van der Waals surface area contributed by atoms with Gasteiger partial charge < -0.3 is 19.7 Å². The maximum atomic E-state index is 13.2. The van der Waals surface area contributed by atoms with Gasteiger partial charge in [-0.3, -0.25) is 14.5 Å². The highest BCUT2D eigenvalue weighted by molar-refractivity contribution is 5.88. The minimum atomic E-state index is -0.585. The van der Waals surface area contributed by atoms with E-state index < -0.39 is 6.04 Å². The molecule has 7 nitrogen and oxygen atoms in total. The van der Waals surface area contributed by atoms with Gasteiger partial charge in [-0.25, -0.2) is 0 Å². The van der Waals surface area contributed by atoms with Crippen LogP contribution in [0.5, 0.6) is 5.75 Å². The Labute approximate surface area is 190 Å². The topological polar surface area (TPSA) is 71.1 Å². The quantitative estimate of drug-likeness (QED) is 0.614. The monoisotopic (exact) mass is 439 g/mol. The molecule has 1 atom stereocenters. The average Bonchev–Trinajstić information content (AvgIpc) is 2.83. The van der Waals surface area contributed by atoms with Crippen LogP contribution in [-0.4, -0.2) is 74.2 Å². The second-order valence-corrected chi connectivity index (χ2v) is 7.95. The minimum absolute atomic E-state index is 0.0807. The van der Waals surface area contributed by atoms with Gasteiger partial charge in [0, 0.05) is 32.7 Å². The highest BCUT2D eigenvalue weighted by Crippen LogP contribution is 2.16. The Hall–Kier alpha value is -2.90. The Morgan fingerprint density at radius 1 is 1.06 bits per heavy atom. The zero-order valence-electron chi connectivity index (χ0n) is 19.0. The van der Waals surface area contributed by atoms with E-state index in [4.69, 9.17) is 9.47 Å². The first-order valence-electron chi connectivity index (χ1n) is 11.1. The van der Waals surface area contributed by atoms with Crippen LogP contribution in [0.4, 0.5) is 0 Å². The van der Waals surface area contributed by atoms with Crippen molar-refractivity contribution in [2.75, 3.05) is 46.5 Å². The van der Waals surface area contributed by atoms with Gasteiger partial charge in [0.1, 0.15) is 11.8 Å². The predicted octanol–water partition coefficient (Wildman–Crippen LogP) is 2.10. The summed E-state index contributed by atoms with van der Waals surface area (Å²) in [5.41, 5.74) is 1.87. The fourth-order valence-corrected chi connectivity index (χ4v) is 3.69. The van der Waals surface area contributed by atoms with Crippen LogP contribution >= 0.6 is 0 Å². The van der Waals surface area contributed by atoms with Crippen molar-refractivity contribution in [1.82, 2.24) is 15.1 Å². The molecule has 0 radical (unpaired) electrons. The number of benzene rings is 2. The SMILES string of the molecule is COc1ccc(CN(C(=O)Cc2ccccc2)[C@H](C)C(=O)NCCN2CCOCC2)cc1. The fraction of sp³-hybridized carbons (Fsp3) is 0.440. The normalized spacial score (nSPS) is 15.1. The highest BCUT2D eigenvalue weighted by Gasteiger charge is 2.26. The van der Waals surface area contributed by atoms with Crippen molar-refractivity contribution in [3.8, 4) is 5.75 Å². The van der Waals surface area contributed by atoms with Crippen LogP contribution in [0.1, 0.15) is 18.1 Å². The molecule has 1 saturated heterocycles. The molecule has 1 N–H and O–H groups in total. The number of rotatable bonds is 10. The molecule has 0 unspecified atom stereocenters. The molecule has 1 fully saturated rings. The Morgan fingerprint density at radius 2 is 1.75 bits per heavy atom. The van der Waals surface area contributed by atoms with Crippen LogP contribution in [-0.2, 0) is 27.3 Å². The van der Waals surface area contributed by atoms with Gasteiger partial charge >= 0.3 is 0 Å². The van der Waals surface area contributed by atoms with Crippen LogP contribution in [0.15, 0.2) is 54.6 Å². The lowest BCUT2D eigenvalue weighted by molar-refractivity contribution is -0.140. The number of hydrogen-bond acceptors (Lipinski definition) is 5. The largest absolute Gasteiger partial charge is 0.497 e. The minimum Gasteiger partial charge on any atom is -0.497 e. The van der Waals surface area contributed by atoms with Crippen LogP contribution in [0.3, 0.4) is 0 Å². The second kappa shape index (κ2) is 12.2. The molecule has 0 bridgehead atoms. The molecule has 2 aromatic rings. The Kier molecular flexibility index (Phi) is 9.07. The number of carbonyl (C=O) groups excluding carboxylic acids is 2. The number of hydrogen-bond donors (Lipinski definition) is 1.